The second-order valence-electron chi connectivity index (χ2n) is 6.67. The molecule has 0 bridgehead atoms. The lowest BCUT2D eigenvalue weighted by Crippen LogP contribution is -2.25. The van der Waals surface area contributed by atoms with Crippen LogP contribution in [0.4, 0.5) is 0 Å². The summed E-state index contributed by atoms with van der Waals surface area (Å²) in [5.74, 6) is 1.03. The molecule has 0 saturated carbocycles. The third-order valence-corrected chi connectivity index (χ3v) is 6.15. The Bertz CT molecular complexity index is 554. The van der Waals surface area contributed by atoms with Crippen molar-refractivity contribution in [1.29, 1.82) is 0 Å². The van der Waals surface area contributed by atoms with E-state index in [1.807, 2.05) is 11.8 Å². The Labute approximate surface area is 151 Å². The first-order valence-electron chi connectivity index (χ1n) is 9.32. The zero-order chi connectivity index (χ0) is 16.8. The molecule has 1 unspecified atom stereocenters. The molecule has 2 aliphatic heterocycles. The van der Waals surface area contributed by atoms with Crippen LogP contribution in [0.5, 0.6) is 5.75 Å². The predicted octanol–water partition coefficient (Wildman–Crippen LogP) is 4.87. The number of likely N-dealkylation sites (tertiary alicyclic amines) is 1. The summed E-state index contributed by atoms with van der Waals surface area (Å²) in [5, 5.41) is 2.66. The van der Waals surface area contributed by atoms with Gasteiger partial charge in [0.05, 0.1) is 6.61 Å². The molecule has 0 aromatic heterocycles. The van der Waals surface area contributed by atoms with E-state index in [2.05, 4.69) is 53.3 Å². The molecule has 4 heteroatoms. The molecule has 3 rings (SSSR count). The summed E-state index contributed by atoms with van der Waals surface area (Å²) < 4.78 is 5.86. The molecular weight excluding hydrogens is 316 g/mol. The highest BCUT2D eigenvalue weighted by atomic mass is 32.2. The molecule has 1 saturated heterocycles. The van der Waals surface area contributed by atoms with E-state index in [0.29, 0.717) is 5.37 Å². The van der Waals surface area contributed by atoms with Gasteiger partial charge in [0, 0.05) is 17.8 Å². The van der Waals surface area contributed by atoms with Gasteiger partial charge in [0.1, 0.15) is 11.1 Å². The average molecular weight is 347 g/mol. The number of hydrogen-bond donors (Lipinski definition) is 0. The lowest BCUT2D eigenvalue weighted by molar-refractivity contribution is 0.287. The van der Waals surface area contributed by atoms with Crippen LogP contribution in [0.15, 0.2) is 35.4 Å². The zero-order valence-electron chi connectivity index (χ0n) is 15.0. The lowest BCUT2D eigenvalue weighted by atomic mass is 10.1. The van der Waals surface area contributed by atoms with Gasteiger partial charge in [-0.2, -0.15) is 0 Å². The van der Waals surface area contributed by atoms with Crippen molar-refractivity contribution in [2.75, 3.05) is 32.8 Å². The number of unbranched alkanes of at least 4 members (excludes halogenated alkanes) is 1. The van der Waals surface area contributed by atoms with Crippen LogP contribution in [-0.2, 0) is 0 Å². The molecule has 24 heavy (non-hydrogen) atoms. The van der Waals surface area contributed by atoms with Crippen molar-refractivity contribution in [2.45, 2.75) is 44.9 Å². The third-order valence-electron chi connectivity index (χ3n) is 4.91. The minimum Gasteiger partial charge on any atom is -0.493 e. The van der Waals surface area contributed by atoms with E-state index in [4.69, 9.17) is 4.74 Å². The molecule has 132 valence electrons. The second kappa shape index (κ2) is 8.82. The molecule has 1 aromatic rings. The van der Waals surface area contributed by atoms with Gasteiger partial charge >= 0.3 is 0 Å². The summed E-state index contributed by atoms with van der Waals surface area (Å²) in [5.41, 5.74) is 2.69. The van der Waals surface area contributed by atoms with Gasteiger partial charge in [0.15, 0.2) is 0 Å². The van der Waals surface area contributed by atoms with E-state index in [9.17, 15) is 0 Å². The molecule has 1 atom stereocenters. The van der Waals surface area contributed by atoms with Gasteiger partial charge in [-0.1, -0.05) is 18.2 Å². The third kappa shape index (κ3) is 4.28. The number of allylic oxidation sites excluding steroid dienone is 1. The zero-order valence-corrected chi connectivity index (χ0v) is 15.9. The molecule has 2 aliphatic rings. The van der Waals surface area contributed by atoms with Crippen LogP contribution >= 0.6 is 11.8 Å². The van der Waals surface area contributed by atoms with Crippen molar-refractivity contribution in [3.63, 3.8) is 0 Å². The Morgan fingerprint density at radius 2 is 1.88 bits per heavy atom. The number of nitrogens with zero attached hydrogens (tertiary/aromatic N) is 2. The summed E-state index contributed by atoms with van der Waals surface area (Å²) in [4.78, 5) is 5.16. The van der Waals surface area contributed by atoms with Crippen molar-refractivity contribution < 1.29 is 4.74 Å². The number of para-hydroxylation sites is 1. The summed E-state index contributed by atoms with van der Waals surface area (Å²) in [7, 11) is 0. The topological polar surface area (TPSA) is 15.7 Å². The Morgan fingerprint density at radius 3 is 2.67 bits per heavy atom. The van der Waals surface area contributed by atoms with Crippen LogP contribution in [0.25, 0.3) is 0 Å². The van der Waals surface area contributed by atoms with E-state index >= 15 is 0 Å². The molecule has 1 aromatic carbocycles. The van der Waals surface area contributed by atoms with Crippen LogP contribution < -0.4 is 4.74 Å². The highest BCUT2D eigenvalue weighted by molar-refractivity contribution is 8.02. The first-order valence-corrected chi connectivity index (χ1v) is 10.3. The van der Waals surface area contributed by atoms with Gasteiger partial charge in [-0.25, -0.2) is 0 Å². The number of thioether (sulfide) groups is 1. The van der Waals surface area contributed by atoms with Crippen LogP contribution in [0.1, 0.15) is 50.5 Å². The van der Waals surface area contributed by atoms with Crippen molar-refractivity contribution >= 4 is 11.8 Å². The maximum absolute atomic E-state index is 5.86. The van der Waals surface area contributed by atoms with E-state index < -0.39 is 0 Å². The van der Waals surface area contributed by atoms with Crippen molar-refractivity contribution in [1.82, 2.24) is 9.80 Å². The smallest absolute Gasteiger partial charge is 0.125 e. The quantitative estimate of drug-likeness (QED) is 0.624. The number of rotatable bonds is 8. The Balaban J connectivity index is 1.57. The van der Waals surface area contributed by atoms with Gasteiger partial charge < -0.3 is 14.5 Å². The Morgan fingerprint density at radius 1 is 1.12 bits per heavy atom. The van der Waals surface area contributed by atoms with Gasteiger partial charge in [-0.05, 0) is 70.6 Å². The van der Waals surface area contributed by atoms with Gasteiger partial charge in [-0.3, -0.25) is 0 Å². The van der Waals surface area contributed by atoms with E-state index in [0.717, 1.165) is 18.9 Å². The fourth-order valence-electron chi connectivity index (χ4n) is 3.62. The molecule has 0 spiro atoms. The summed E-state index contributed by atoms with van der Waals surface area (Å²) >= 11 is 1.91. The number of ether oxygens (including phenoxy) is 1. The summed E-state index contributed by atoms with van der Waals surface area (Å²) in [6.45, 7) is 10.0. The second-order valence-corrected chi connectivity index (χ2v) is 7.62. The largest absolute Gasteiger partial charge is 0.493 e. The van der Waals surface area contributed by atoms with Gasteiger partial charge in [0.25, 0.3) is 0 Å². The van der Waals surface area contributed by atoms with E-state index in [1.54, 1.807) is 0 Å². The van der Waals surface area contributed by atoms with Crippen LogP contribution in [0, 0.1) is 0 Å². The minimum absolute atomic E-state index is 0.361. The molecule has 0 radical (unpaired) electrons. The minimum atomic E-state index is 0.361. The molecule has 0 amide bonds. The van der Waals surface area contributed by atoms with E-state index in [-0.39, 0.29) is 0 Å². The lowest BCUT2D eigenvalue weighted by Gasteiger charge is -2.29. The SMILES string of the molecule is CCOc1ccccc1C1SC=C(C)N1CCCCN1CCCC1. The van der Waals surface area contributed by atoms with Crippen molar-refractivity contribution in [2.24, 2.45) is 0 Å². The van der Waals surface area contributed by atoms with E-state index in [1.165, 1.54) is 56.6 Å². The monoisotopic (exact) mass is 346 g/mol. The maximum atomic E-state index is 5.86. The molecular formula is C20H30N2OS. The molecule has 0 N–H and O–H groups in total. The Kier molecular flexibility index (Phi) is 6.50. The standard InChI is InChI=1S/C20H30N2OS/c1-3-23-19-11-5-4-10-18(19)20-22(17(2)16-24-20)15-9-8-14-21-12-6-7-13-21/h4-5,10-11,16,20H,3,6-9,12-15H2,1-2H3. The predicted molar refractivity (Wildman–Crippen MR) is 103 cm³/mol. The van der Waals surface area contributed by atoms with Crippen LogP contribution in [0.2, 0.25) is 0 Å². The fourth-order valence-corrected chi connectivity index (χ4v) is 4.84. The molecule has 1 fully saturated rings. The highest BCUT2D eigenvalue weighted by Gasteiger charge is 2.27. The molecule has 3 nitrogen and oxygen atoms in total. The fraction of sp³-hybridized carbons (Fsp3) is 0.600. The summed E-state index contributed by atoms with van der Waals surface area (Å²) in [6.07, 6.45) is 5.34. The van der Waals surface area contributed by atoms with Gasteiger partial charge in [-0.15, -0.1) is 11.8 Å². The maximum Gasteiger partial charge on any atom is 0.125 e. The van der Waals surface area contributed by atoms with Crippen LogP contribution in [-0.4, -0.2) is 42.6 Å². The number of benzene rings is 1. The summed E-state index contributed by atoms with van der Waals surface area (Å²) in [6, 6.07) is 8.50. The molecule has 0 aliphatic carbocycles. The first-order chi connectivity index (χ1) is 11.8. The van der Waals surface area contributed by atoms with Crippen LogP contribution in [0.3, 0.4) is 0 Å². The first kappa shape index (κ1) is 17.7. The average Bonchev–Trinajstić information content (AvgIpc) is 3.23. The van der Waals surface area contributed by atoms with Crippen molar-refractivity contribution in [3.05, 3.63) is 40.9 Å². The van der Waals surface area contributed by atoms with Gasteiger partial charge in [0.2, 0.25) is 0 Å². The molecule has 2 heterocycles. The highest BCUT2D eigenvalue weighted by Crippen LogP contribution is 2.45. The number of hydrogen-bond acceptors (Lipinski definition) is 4. The Hall–Kier alpha value is -1.13. The normalized spacial score (nSPS) is 21.3. The van der Waals surface area contributed by atoms with Crippen molar-refractivity contribution in [3.8, 4) is 5.75 Å².